The molecule has 6 heteroatoms. The second-order valence-electron chi connectivity index (χ2n) is 6.32. The maximum Gasteiger partial charge on any atom is 0.292 e. The number of rotatable bonds is 3. The molecule has 2 aromatic carbocycles. The Balaban J connectivity index is 1.90. The molecule has 3 rings (SSSR count). The summed E-state index contributed by atoms with van der Waals surface area (Å²) in [6, 6.07) is 11.0. The number of nitrogens with zero attached hydrogens (tertiary/aromatic N) is 3. The topological polar surface area (TPSA) is 76.3 Å². The smallest absolute Gasteiger partial charge is 0.267 e. The van der Waals surface area contributed by atoms with E-state index in [1.165, 1.54) is 12.6 Å². The first kappa shape index (κ1) is 17.5. The van der Waals surface area contributed by atoms with Gasteiger partial charge in [-0.3, -0.25) is 9.59 Å². The molecule has 0 saturated carbocycles. The fraction of sp³-hybridized carbons (Fsp3) is 0.200. The number of hydrogen-bond donors (Lipinski definition) is 1. The van der Waals surface area contributed by atoms with Crippen LogP contribution in [0, 0.1) is 20.8 Å². The standard InChI is InChI=1S/C20H20N4O2/c1-12-9-14(3)15(10-13(12)2)11-21-22-19(25)18-16-7-5-6-8-17(16)20(26)24(4)23-18/h5-11H,1-4H3,(H,22,25)/b21-11-. The van der Waals surface area contributed by atoms with Crippen LogP contribution < -0.4 is 11.0 Å². The van der Waals surface area contributed by atoms with E-state index in [2.05, 4.69) is 28.6 Å². The van der Waals surface area contributed by atoms with Gasteiger partial charge in [-0.2, -0.15) is 10.2 Å². The predicted molar refractivity (Wildman–Crippen MR) is 103 cm³/mol. The molecule has 1 N–H and O–H groups in total. The number of carbonyl (C=O) groups excluding carboxylic acids is 1. The van der Waals surface area contributed by atoms with Crippen LogP contribution in [0.3, 0.4) is 0 Å². The zero-order valence-electron chi connectivity index (χ0n) is 15.2. The first-order chi connectivity index (χ1) is 12.4. The van der Waals surface area contributed by atoms with Gasteiger partial charge in [-0.1, -0.05) is 24.3 Å². The Hall–Kier alpha value is -3.28. The van der Waals surface area contributed by atoms with Gasteiger partial charge in [0, 0.05) is 12.4 Å². The van der Waals surface area contributed by atoms with Crippen molar-refractivity contribution < 1.29 is 4.79 Å². The number of aromatic nitrogens is 2. The zero-order valence-corrected chi connectivity index (χ0v) is 15.2. The van der Waals surface area contributed by atoms with Gasteiger partial charge in [-0.15, -0.1) is 0 Å². The summed E-state index contributed by atoms with van der Waals surface area (Å²) >= 11 is 0. The van der Waals surface area contributed by atoms with Gasteiger partial charge in [-0.25, -0.2) is 10.1 Å². The third kappa shape index (κ3) is 3.26. The van der Waals surface area contributed by atoms with E-state index < -0.39 is 5.91 Å². The first-order valence-electron chi connectivity index (χ1n) is 8.26. The van der Waals surface area contributed by atoms with Crippen molar-refractivity contribution in [3.05, 3.63) is 74.7 Å². The highest BCUT2D eigenvalue weighted by molar-refractivity contribution is 6.05. The summed E-state index contributed by atoms with van der Waals surface area (Å²) in [5, 5.41) is 9.10. The van der Waals surface area contributed by atoms with Crippen molar-refractivity contribution in [3.8, 4) is 0 Å². The molecule has 132 valence electrons. The van der Waals surface area contributed by atoms with Crippen molar-refractivity contribution in [1.82, 2.24) is 15.2 Å². The average Bonchev–Trinajstić information content (AvgIpc) is 2.62. The molecule has 0 atom stereocenters. The van der Waals surface area contributed by atoms with Gasteiger partial charge in [0.15, 0.2) is 5.69 Å². The Morgan fingerprint density at radius 3 is 2.46 bits per heavy atom. The molecule has 0 radical (unpaired) electrons. The van der Waals surface area contributed by atoms with Gasteiger partial charge < -0.3 is 0 Å². The highest BCUT2D eigenvalue weighted by Gasteiger charge is 2.14. The SMILES string of the molecule is Cc1cc(C)c(/C=N\NC(=O)c2nn(C)c(=O)c3ccccc23)cc1C. The molecule has 0 spiro atoms. The summed E-state index contributed by atoms with van der Waals surface area (Å²) in [7, 11) is 1.52. The molecule has 1 heterocycles. The minimum Gasteiger partial charge on any atom is -0.267 e. The minimum atomic E-state index is -0.463. The lowest BCUT2D eigenvalue weighted by atomic mass is 10.0. The van der Waals surface area contributed by atoms with Crippen LogP contribution in [-0.4, -0.2) is 21.9 Å². The fourth-order valence-electron chi connectivity index (χ4n) is 2.80. The maximum absolute atomic E-state index is 12.5. The summed E-state index contributed by atoms with van der Waals surface area (Å²) < 4.78 is 1.16. The summed E-state index contributed by atoms with van der Waals surface area (Å²) in [6.45, 7) is 6.09. The summed E-state index contributed by atoms with van der Waals surface area (Å²) in [5.41, 5.74) is 6.81. The normalized spacial score (nSPS) is 11.2. The summed E-state index contributed by atoms with van der Waals surface area (Å²) in [5.74, 6) is -0.463. The number of benzene rings is 2. The van der Waals surface area contributed by atoms with Crippen LogP contribution in [-0.2, 0) is 7.05 Å². The molecule has 1 amide bonds. The second kappa shape index (κ2) is 6.92. The molecule has 3 aromatic rings. The van der Waals surface area contributed by atoms with Crippen LogP contribution in [0.2, 0.25) is 0 Å². The first-order valence-corrected chi connectivity index (χ1v) is 8.26. The summed E-state index contributed by atoms with van der Waals surface area (Å²) in [4.78, 5) is 24.7. The molecule has 6 nitrogen and oxygen atoms in total. The van der Waals surface area contributed by atoms with Crippen LogP contribution in [0.15, 0.2) is 46.3 Å². The van der Waals surface area contributed by atoms with Crippen molar-refractivity contribution in [3.63, 3.8) is 0 Å². The molecule has 26 heavy (non-hydrogen) atoms. The molecule has 0 saturated heterocycles. The number of amides is 1. The summed E-state index contributed by atoms with van der Waals surface area (Å²) in [6.07, 6.45) is 1.61. The molecule has 0 unspecified atom stereocenters. The molecule has 0 bridgehead atoms. The van der Waals surface area contributed by atoms with E-state index in [0.717, 1.165) is 21.4 Å². The third-order valence-corrected chi connectivity index (χ3v) is 4.42. The third-order valence-electron chi connectivity index (χ3n) is 4.42. The van der Waals surface area contributed by atoms with Gasteiger partial charge in [0.1, 0.15) is 0 Å². The number of fused-ring (bicyclic) bond motifs is 1. The number of carbonyl (C=O) groups is 1. The number of hydrogen-bond acceptors (Lipinski definition) is 4. The van der Waals surface area contributed by atoms with Crippen LogP contribution in [0.25, 0.3) is 10.8 Å². The lowest BCUT2D eigenvalue weighted by Gasteiger charge is -2.07. The van der Waals surface area contributed by atoms with Gasteiger partial charge in [0.25, 0.3) is 11.5 Å². The van der Waals surface area contributed by atoms with Crippen molar-refractivity contribution in [2.75, 3.05) is 0 Å². The van der Waals surface area contributed by atoms with Gasteiger partial charge in [0.2, 0.25) is 0 Å². The zero-order chi connectivity index (χ0) is 18.8. The minimum absolute atomic E-state index is 0.164. The molecular weight excluding hydrogens is 328 g/mol. The van der Waals surface area contributed by atoms with Crippen molar-refractivity contribution >= 4 is 22.9 Å². The predicted octanol–water partition coefficient (Wildman–Crippen LogP) is 2.62. The highest BCUT2D eigenvalue weighted by Crippen LogP contribution is 2.14. The van der Waals surface area contributed by atoms with Crippen molar-refractivity contribution in [2.45, 2.75) is 20.8 Å². The fourth-order valence-corrected chi connectivity index (χ4v) is 2.80. The van der Waals surface area contributed by atoms with Gasteiger partial charge in [0.05, 0.1) is 11.6 Å². The Morgan fingerprint density at radius 1 is 1.08 bits per heavy atom. The largest absolute Gasteiger partial charge is 0.292 e. The van der Waals surface area contributed by atoms with Gasteiger partial charge in [-0.05, 0) is 55.2 Å². The van der Waals surface area contributed by atoms with Crippen molar-refractivity contribution in [1.29, 1.82) is 0 Å². The van der Waals surface area contributed by atoms with E-state index in [9.17, 15) is 9.59 Å². The van der Waals surface area contributed by atoms with E-state index in [0.29, 0.717) is 10.8 Å². The van der Waals surface area contributed by atoms with Crippen LogP contribution in [0.4, 0.5) is 0 Å². The average molecular weight is 348 g/mol. The molecule has 1 aromatic heterocycles. The lowest BCUT2D eigenvalue weighted by molar-refractivity contribution is 0.0950. The molecule has 0 aliphatic carbocycles. The quantitative estimate of drug-likeness (QED) is 0.584. The second-order valence-corrected chi connectivity index (χ2v) is 6.32. The molecule has 0 aliphatic rings. The Morgan fingerprint density at radius 2 is 1.73 bits per heavy atom. The van der Waals surface area contributed by atoms with E-state index in [1.54, 1.807) is 30.5 Å². The Bertz CT molecular complexity index is 1100. The van der Waals surface area contributed by atoms with Crippen LogP contribution in [0.1, 0.15) is 32.7 Å². The number of nitrogens with one attached hydrogen (secondary N) is 1. The van der Waals surface area contributed by atoms with Gasteiger partial charge >= 0.3 is 0 Å². The Labute approximate surface area is 151 Å². The van der Waals surface area contributed by atoms with Crippen LogP contribution >= 0.6 is 0 Å². The highest BCUT2D eigenvalue weighted by atomic mass is 16.2. The van der Waals surface area contributed by atoms with E-state index >= 15 is 0 Å². The molecule has 0 fully saturated rings. The van der Waals surface area contributed by atoms with Crippen LogP contribution in [0.5, 0.6) is 0 Å². The van der Waals surface area contributed by atoms with E-state index in [4.69, 9.17) is 0 Å². The number of aryl methyl sites for hydroxylation is 4. The van der Waals surface area contributed by atoms with Crippen molar-refractivity contribution in [2.24, 2.45) is 12.1 Å². The lowest BCUT2D eigenvalue weighted by Crippen LogP contribution is -2.27. The number of hydrazone groups is 1. The maximum atomic E-state index is 12.5. The monoisotopic (exact) mass is 348 g/mol. The Kier molecular flexibility index (Phi) is 4.67. The molecule has 0 aliphatic heterocycles. The van der Waals surface area contributed by atoms with E-state index in [-0.39, 0.29) is 11.3 Å². The molecular formula is C20H20N4O2. The van der Waals surface area contributed by atoms with E-state index in [1.807, 2.05) is 19.9 Å².